The fourth-order valence-electron chi connectivity index (χ4n) is 3.84. The maximum Gasteiger partial charge on any atom is 0.150 e. The average molecular weight is 321 g/mol. The Labute approximate surface area is 134 Å². The minimum Gasteiger partial charge on any atom is -0.395 e. The molecule has 124 valence electrons. The van der Waals surface area contributed by atoms with Gasteiger partial charge in [0.15, 0.2) is 11.6 Å². The lowest BCUT2D eigenvalue weighted by Gasteiger charge is -2.33. The van der Waals surface area contributed by atoms with Gasteiger partial charge in [0.25, 0.3) is 0 Å². The number of hydrogen-bond acceptors (Lipinski definition) is 4. The van der Waals surface area contributed by atoms with Crippen molar-refractivity contribution in [2.75, 3.05) is 31.1 Å². The van der Waals surface area contributed by atoms with E-state index >= 15 is 0 Å². The molecule has 0 saturated carbocycles. The summed E-state index contributed by atoms with van der Waals surface area (Å²) in [6, 6.07) is 4.17. The van der Waals surface area contributed by atoms with Crippen molar-refractivity contribution in [3.05, 3.63) is 29.3 Å². The first kappa shape index (κ1) is 16.2. The molecule has 0 aromatic heterocycles. The largest absolute Gasteiger partial charge is 0.395 e. The fraction of sp³-hybridized carbons (Fsp3) is 0.588. The van der Waals surface area contributed by atoms with Crippen LogP contribution in [0.1, 0.15) is 31.2 Å². The normalized spacial score (nSPS) is 25.0. The van der Waals surface area contributed by atoms with Gasteiger partial charge in [-0.15, -0.1) is 0 Å². The number of hydrogen-bond donors (Lipinski definition) is 1. The van der Waals surface area contributed by atoms with Crippen molar-refractivity contribution in [1.29, 1.82) is 5.26 Å². The second-order valence-corrected chi connectivity index (χ2v) is 6.36. The Morgan fingerprint density at radius 2 is 1.78 bits per heavy atom. The Balaban J connectivity index is 1.81. The zero-order valence-corrected chi connectivity index (χ0v) is 13.0. The van der Waals surface area contributed by atoms with Crippen molar-refractivity contribution in [2.45, 2.75) is 37.8 Å². The number of benzene rings is 1. The fourth-order valence-corrected chi connectivity index (χ4v) is 3.84. The third kappa shape index (κ3) is 3.17. The zero-order valence-electron chi connectivity index (χ0n) is 13.0. The van der Waals surface area contributed by atoms with Crippen LogP contribution in [0.5, 0.6) is 0 Å². The van der Waals surface area contributed by atoms with Crippen molar-refractivity contribution in [3.63, 3.8) is 0 Å². The third-order valence-corrected chi connectivity index (χ3v) is 4.97. The highest BCUT2D eigenvalue weighted by Gasteiger charge is 2.33. The van der Waals surface area contributed by atoms with Gasteiger partial charge in [0.05, 0.1) is 18.2 Å². The number of aliphatic hydroxyl groups excluding tert-OH is 1. The van der Waals surface area contributed by atoms with E-state index in [1.165, 1.54) is 0 Å². The minimum absolute atomic E-state index is 0.000570. The number of nitriles is 1. The first-order valence-electron chi connectivity index (χ1n) is 8.14. The van der Waals surface area contributed by atoms with E-state index in [-0.39, 0.29) is 29.9 Å². The molecule has 1 aromatic carbocycles. The maximum atomic E-state index is 14.3. The number of likely N-dealkylation sites (tertiary alicyclic amines) is 1. The van der Waals surface area contributed by atoms with Gasteiger partial charge in [0, 0.05) is 25.2 Å². The molecular weight excluding hydrogens is 300 g/mol. The number of anilines is 1. The Bertz CT molecular complexity index is 593. The summed E-state index contributed by atoms with van der Waals surface area (Å²) in [4.78, 5) is 4.01. The molecule has 0 spiro atoms. The second kappa shape index (κ2) is 6.81. The molecule has 2 heterocycles. The van der Waals surface area contributed by atoms with Crippen LogP contribution < -0.4 is 4.90 Å². The molecule has 4 nitrogen and oxygen atoms in total. The number of aliphatic hydroxyl groups is 1. The van der Waals surface area contributed by atoms with Crippen LogP contribution in [0.25, 0.3) is 0 Å². The van der Waals surface area contributed by atoms with E-state index in [4.69, 9.17) is 5.26 Å². The predicted molar refractivity (Wildman–Crippen MR) is 83.1 cm³/mol. The van der Waals surface area contributed by atoms with Crippen LogP contribution in [-0.2, 0) is 0 Å². The lowest BCUT2D eigenvalue weighted by Crippen LogP contribution is -2.44. The lowest BCUT2D eigenvalue weighted by atomic mass is 10.1. The van der Waals surface area contributed by atoms with Gasteiger partial charge in [0.2, 0.25) is 0 Å². The van der Waals surface area contributed by atoms with E-state index in [1.807, 2.05) is 0 Å². The summed E-state index contributed by atoms with van der Waals surface area (Å²) < 4.78 is 28.6. The highest BCUT2D eigenvalue weighted by atomic mass is 19.1. The smallest absolute Gasteiger partial charge is 0.150 e. The second-order valence-electron chi connectivity index (χ2n) is 6.36. The molecule has 2 fully saturated rings. The molecule has 1 aromatic rings. The summed E-state index contributed by atoms with van der Waals surface area (Å²) in [6.45, 7) is 2.38. The van der Waals surface area contributed by atoms with Crippen LogP contribution in [0.2, 0.25) is 0 Å². The van der Waals surface area contributed by atoms with Crippen molar-refractivity contribution in [3.8, 4) is 6.07 Å². The summed E-state index contributed by atoms with van der Waals surface area (Å²) >= 11 is 0. The predicted octanol–water partition coefficient (Wildman–Crippen LogP) is 2.26. The summed E-state index contributed by atoms with van der Waals surface area (Å²) in [5.41, 5.74) is -0.0226. The van der Waals surface area contributed by atoms with Crippen LogP contribution in [0, 0.1) is 23.0 Å². The monoisotopic (exact) mass is 321 g/mol. The molecule has 0 radical (unpaired) electrons. The Kier molecular flexibility index (Phi) is 4.79. The number of halogens is 2. The molecule has 2 aliphatic heterocycles. The van der Waals surface area contributed by atoms with Crippen molar-refractivity contribution < 1.29 is 13.9 Å². The summed E-state index contributed by atoms with van der Waals surface area (Å²) in [5.74, 6) is -1.35. The molecule has 0 aliphatic carbocycles. The van der Waals surface area contributed by atoms with Gasteiger partial charge >= 0.3 is 0 Å². The van der Waals surface area contributed by atoms with Crippen LogP contribution in [0.3, 0.4) is 0 Å². The Morgan fingerprint density at radius 1 is 1.13 bits per heavy atom. The van der Waals surface area contributed by atoms with Crippen LogP contribution in [0.4, 0.5) is 14.5 Å². The highest BCUT2D eigenvalue weighted by Crippen LogP contribution is 2.32. The number of rotatable bonds is 4. The standard InChI is InChI=1S/C17H21F2N3O/c18-15-7-12(9-20)8-16(19)17(15)22-6-2-3-13(22)10-21-5-1-4-14(21)11-23/h7-8,13-14,23H,1-6,10-11H2. The first-order chi connectivity index (χ1) is 11.1. The van der Waals surface area contributed by atoms with Crippen molar-refractivity contribution >= 4 is 5.69 Å². The molecule has 6 heteroatoms. The minimum atomic E-state index is -0.673. The SMILES string of the molecule is N#Cc1cc(F)c(N2CCCC2CN2CCCC2CO)c(F)c1. The van der Waals surface area contributed by atoms with E-state index in [1.54, 1.807) is 11.0 Å². The van der Waals surface area contributed by atoms with E-state index in [2.05, 4.69) is 4.90 Å². The molecule has 2 atom stereocenters. The highest BCUT2D eigenvalue weighted by molar-refractivity contribution is 5.54. The van der Waals surface area contributed by atoms with E-state index in [0.717, 1.165) is 44.4 Å². The molecule has 0 amide bonds. The Hall–Kier alpha value is -1.71. The van der Waals surface area contributed by atoms with Gasteiger partial charge < -0.3 is 10.0 Å². The average Bonchev–Trinajstić information content (AvgIpc) is 3.16. The first-order valence-corrected chi connectivity index (χ1v) is 8.14. The molecule has 0 bridgehead atoms. The summed E-state index contributed by atoms with van der Waals surface area (Å²) in [5, 5.41) is 18.2. The van der Waals surface area contributed by atoms with Crippen LogP contribution in [-0.4, -0.2) is 48.3 Å². The van der Waals surface area contributed by atoms with Gasteiger partial charge in [-0.1, -0.05) is 0 Å². The number of nitrogens with zero attached hydrogens (tertiary/aromatic N) is 3. The van der Waals surface area contributed by atoms with Crippen LogP contribution in [0.15, 0.2) is 12.1 Å². The van der Waals surface area contributed by atoms with Crippen molar-refractivity contribution in [1.82, 2.24) is 4.90 Å². The van der Waals surface area contributed by atoms with Crippen molar-refractivity contribution in [2.24, 2.45) is 0 Å². The lowest BCUT2D eigenvalue weighted by molar-refractivity contribution is 0.153. The molecule has 3 rings (SSSR count). The summed E-state index contributed by atoms with van der Waals surface area (Å²) in [7, 11) is 0. The molecule has 2 saturated heterocycles. The molecule has 23 heavy (non-hydrogen) atoms. The molecule has 1 N–H and O–H groups in total. The van der Waals surface area contributed by atoms with Gasteiger partial charge in [-0.05, 0) is 44.4 Å². The quantitative estimate of drug-likeness (QED) is 0.924. The van der Waals surface area contributed by atoms with Gasteiger partial charge in [0.1, 0.15) is 5.69 Å². The zero-order chi connectivity index (χ0) is 16.4. The van der Waals surface area contributed by atoms with Gasteiger partial charge in [-0.3, -0.25) is 4.90 Å². The topological polar surface area (TPSA) is 50.5 Å². The maximum absolute atomic E-state index is 14.3. The van der Waals surface area contributed by atoms with Gasteiger partial charge in [-0.25, -0.2) is 8.78 Å². The van der Waals surface area contributed by atoms with E-state index in [0.29, 0.717) is 13.1 Å². The third-order valence-electron chi connectivity index (χ3n) is 4.97. The van der Waals surface area contributed by atoms with E-state index in [9.17, 15) is 13.9 Å². The van der Waals surface area contributed by atoms with Gasteiger partial charge in [-0.2, -0.15) is 5.26 Å². The van der Waals surface area contributed by atoms with Crippen LogP contribution >= 0.6 is 0 Å². The molecule has 2 aliphatic rings. The molecular formula is C17H21F2N3O. The molecule has 2 unspecified atom stereocenters. The summed E-state index contributed by atoms with van der Waals surface area (Å²) in [6.07, 6.45) is 3.80. The Morgan fingerprint density at radius 3 is 2.43 bits per heavy atom. The van der Waals surface area contributed by atoms with E-state index < -0.39 is 11.6 Å².